The van der Waals surface area contributed by atoms with Crippen LogP contribution in [-0.4, -0.2) is 5.97 Å². The Balaban J connectivity index is 2.08. The Morgan fingerprint density at radius 2 is 1.39 bits per heavy atom. The average molecular weight is 306 g/mol. The van der Waals surface area contributed by atoms with Gasteiger partial charge in [-0.25, -0.2) is 0 Å². The lowest BCUT2D eigenvalue weighted by Crippen LogP contribution is -2.15. The Bertz CT molecular complexity index is 685. The van der Waals surface area contributed by atoms with Crippen LogP contribution >= 0.6 is 0 Å². The van der Waals surface area contributed by atoms with E-state index in [9.17, 15) is 4.79 Å². The minimum absolute atomic E-state index is 0.0927. The first kappa shape index (κ1) is 15.5. The smallest absolute Gasteiger partial charge is 0.307 e. The molecule has 0 spiro atoms. The second kappa shape index (κ2) is 6.04. The zero-order valence-corrected chi connectivity index (χ0v) is 13.9. The molecule has 0 saturated heterocycles. The van der Waals surface area contributed by atoms with Crippen molar-refractivity contribution >= 4 is 5.97 Å². The number of carbonyl (C=O) groups is 1. The average Bonchev–Trinajstić information content (AvgIpc) is 3.30. The molecule has 1 atom stereocenters. The molecule has 2 nitrogen and oxygen atoms in total. The van der Waals surface area contributed by atoms with Crippen LogP contribution in [0.4, 0.5) is 0 Å². The van der Waals surface area contributed by atoms with Crippen molar-refractivity contribution in [3.8, 4) is 0 Å². The maximum atomic E-state index is 11.5. The van der Waals surface area contributed by atoms with E-state index in [0.717, 1.165) is 17.8 Å². The Kier molecular flexibility index (Phi) is 4.08. The van der Waals surface area contributed by atoms with Crippen LogP contribution in [0, 0.1) is 5.92 Å². The number of hydrogen-bond acceptors (Lipinski definition) is 2. The lowest BCUT2D eigenvalue weighted by atomic mass is 9.85. The monoisotopic (exact) mass is 306 g/mol. The van der Waals surface area contributed by atoms with Crippen molar-refractivity contribution in [1.82, 2.24) is 0 Å². The molecule has 0 amide bonds. The molecule has 0 aliphatic heterocycles. The number of carbonyl (C=O) groups excluding carboxylic acids is 1. The molecule has 2 aromatic rings. The highest BCUT2D eigenvalue weighted by Gasteiger charge is 2.59. The lowest BCUT2D eigenvalue weighted by Gasteiger charge is -2.20. The molecule has 0 N–H and O–H groups in total. The third-order valence-electron chi connectivity index (χ3n) is 4.60. The fourth-order valence-corrected chi connectivity index (χ4v) is 3.53. The number of ether oxygens (including phenoxy) is 1. The van der Waals surface area contributed by atoms with Crippen molar-refractivity contribution in [3.05, 3.63) is 83.1 Å². The molecule has 0 radical (unpaired) electrons. The van der Waals surface area contributed by atoms with Gasteiger partial charge in [0.25, 0.3) is 0 Å². The predicted octanol–water partition coefficient (Wildman–Crippen LogP) is 4.85. The van der Waals surface area contributed by atoms with E-state index >= 15 is 0 Å². The Morgan fingerprint density at radius 1 is 0.913 bits per heavy atom. The summed E-state index contributed by atoms with van der Waals surface area (Å²) < 4.78 is 5.57. The van der Waals surface area contributed by atoms with Gasteiger partial charge >= 0.3 is 5.97 Å². The van der Waals surface area contributed by atoms with Crippen LogP contribution in [-0.2, 0) is 14.9 Å². The molecule has 0 aromatic heterocycles. The number of esters is 1. The van der Waals surface area contributed by atoms with Gasteiger partial charge in [-0.1, -0.05) is 60.7 Å². The van der Waals surface area contributed by atoms with Crippen molar-refractivity contribution in [2.24, 2.45) is 5.92 Å². The summed E-state index contributed by atoms with van der Waals surface area (Å²) in [7, 11) is 0. The van der Waals surface area contributed by atoms with E-state index in [2.05, 4.69) is 48.5 Å². The maximum Gasteiger partial charge on any atom is 0.307 e. The van der Waals surface area contributed by atoms with Gasteiger partial charge in [-0.15, -0.1) is 0 Å². The van der Waals surface area contributed by atoms with Crippen LogP contribution in [0.25, 0.3) is 0 Å². The number of allylic oxidation sites excluding steroid dienone is 2. The van der Waals surface area contributed by atoms with Gasteiger partial charge in [0.2, 0.25) is 0 Å². The molecule has 1 aliphatic rings. The van der Waals surface area contributed by atoms with Gasteiger partial charge < -0.3 is 4.74 Å². The molecule has 0 bridgehead atoms. The molecular formula is C21H22O2. The predicted molar refractivity (Wildman–Crippen MR) is 91.9 cm³/mol. The Hall–Kier alpha value is -2.35. The zero-order valence-electron chi connectivity index (χ0n) is 13.9. The van der Waals surface area contributed by atoms with Crippen LogP contribution in [0.3, 0.4) is 0 Å². The van der Waals surface area contributed by atoms with Gasteiger partial charge in [-0.2, -0.15) is 0 Å². The molecule has 0 heterocycles. The molecule has 23 heavy (non-hydrogen) atoms. The van der Waals surface area contributed by atoms with Gasteiger partial charge in [0, 0.05) is 18.3 Å². The highest BCUT2D eigenvalue weighted by atomic mass is 16.5. The van der Waals surface area contributed by atoms with E-state index < -0.39 is 0 Å². The first-order valence-electron chi connectivity index (χ1n) is 8.02. The fourth-order valence-electron chi connectivity index (χ4n) is 3.53. The van der Waals surface area contributed by atoms with Crippen LogP contribution in [0.5, 0.6) is 0 Å². The van der Waals surface area contributed by atoms with Gasteiger partial charge in [-0.05, 0) is 37.0 Å². The molecule has 1 saturated carbocycles. The van der Waals surface area contributed by atoms with Gasteiger partial charge in [0.1, 0.15) is 5.76 Å². The quantitative estimate of drug-likeness (QED) is 0.596. The molecule has 1 fully saturated rings. The summed E-state index contributed by atoms with van der Waals surface area (Å²) in [5.41, 5.74) is 3.54. The largest absolute Gasteiger partial charge is 0.431 e. The summed E-state index contributed by atoms with van der Waals surface area (Å²) >= 11 is 0. The molecule has 1 aliphatic carbocycles. The lowest BCUT2D eigenvalue weighted by molar-refractivity contribution is -0.137. The van der Waals surface area contributed by atoms with E-state index in [-0.39, 0.29) is 17.3 Å². The Labute approximate surface area is 137 Å². The maximum absolute atomic E-state index is 11.5. The third kappa shape index (κ3) is 2.81. The number of benzene rings is 2. The van der Waals surface area contributed by atoms with Crippen LogP contribution in [0.15, 0.2) is 72.0 Å². The van der Waals surface area contributed by atoms with Crippen molar-refractivity contribution in [2.45, 2.75) is 32.6 Å². The topological polar surface area (TPSA) is 26.3 Å². The molecule has 1 unspecified atom stereocenters. The summed E-state index contributed by atoms with van der Waals surface area (Å²) in [5.74, 6) is 0.787. The minimum atomic E-state index is -0.247. The highest BCUT2D eigenvalue weighted by molar-refractivity contribution is 5.68. The van der Waals surface area contributed by atoms with Crippen LogP contribution in [0.1, 0.15) is 38.3 Å². The van der Waals surface area contributed by atoms with Gasteiger partial charge in [0.15, 0.2) is 0 Å². The molecule has 3 rings (SSSR count). The van der Waals surface area contributed by atoms with Crippen LogP contribution in [0.2, 0.25) is 0 Å². The van der Waals surface area contributed by atoms with Gasteiger partial charge in [-0.3, -0.25) is 4.79 Å². The molecule has 2 aromatic carbocycles. The van der Waals surface area contributed by atoms with Crippen molar-refractivity contribution < 1.29 is 9.53 Å². The van der Waals surface area contributed by atoms with Gasteiger partial charge in [0.05, 0.1) is 0 Å². The van der Waals surface area contributed by atoms with E-state index in [0.29, 0.717) is 0 Å². The minimum Gasteiger partial charge on any atom is -0.431 e. The molecule has 118 valence electrons. The highest BCUT2D eigenvalue weighted by Crippen LogP contribution is 2.62. The normalized spacial score (nSPS) is 18.1. The fraction of sp³-hybridized carbons (Fsp3) is 0.286. The zero-order chi connectivity index (χ0) is 16.4. The SMILES string of the molecule is CC(=O)OC(=C(C)C)C1CC1(c1ccccc1)c1ccccc1. The van der Waals surface area contributed by atoms with Crippen molar-refractivity contribution in [1.29, 1.82) is 0 Å². The number of hydrogen-bond donors (Lipinski definition) is 0. The van der Waals surface area contributed by atoms with E-state index in [1.54, 1.807) is 0 Å². The first-order chi connectivity index (χ1) is 11.1. The van der Waals surface area contributed by atoms with Crippen LogP contribution < -0.4 is 0 Å². The molecular weight excluding hydrogens is 284 g/mol. The third-order valence-corrected chi connectivity index (χ3v) is 4.60. The second-order valence-corrected chi connectivity index (χ2v) is 6.42. The summed E-state index contributed by atoms with van der Waals surface area (Å²) in [5, 5.41) is 0. The first-order valence-corrected chi connectivity index (χ1v) is 8.02. The Morgan fingerprint density at radius 3 is 1.78 bits per heavy atom. The van der Waals surface area contributed by atoms with Crippen molar-refractivity contribution in [3.63, 3.8) is 0 Å². The van der Waals surface area contributed by atoms with E-state index in [1.165, 1.54) is 18.1 Å². The summed E-state index contributed by atoms with van der Waals surface area (Å²) in [6.07, 6.45) is 0.967. The molecule has 2 heteroatoms. The second-order valence-electron chi connectivity index (χ2n) is 6.42. The number of rotatable bonds is 4. The van der Waals surface area contributed by atoms with Crippen molar-refractivity contribution in [2.75, 3.05) is 0 Å². The van der Waals surface area contributed by atoms with E-state index in [4.69, 9.17) is 4.74 Å². The summed E-state index contributed by atoms with van der Waals surface area (Å²) in [4.78, 5) is 11.5. The standard InChI is InChI=1S/C21H22O2/c1-15(2)20(23-16(3)22)19-14-21(19,17-10-6-4-7-11-17)18-12-8-5-9-13-18/h4-13,19H,14H2,1-3H3. The summed E-state index contributed by atoms with van der Waals surface area (Å²) in [6.45, 7) is 5.49. The van der Waals surface area contributed by atoms with E-state index in [1.807, 2.05) is 26.0 Å². The summed E-state index contributed by atoms with van der Waals surface area (Å²) in [6, 6.07) is 21.0.